The molecule has 0 aromatic heterocycles. The van der Waals surface area contributed by atoms with Gasteiger partial charge in [-0.1, -0.05) is 40.2 Å². The van der Waals surface area contributed by atoms with Crippen LogP contribution >= 0.6 is 15.9 Å². The first kappa shape index (κ1) is 20.7. The zero-order valence-corrected chi connectivity index (χ0v) is 18.1. The van der Waals surface area contributed by atoms with Gasteiger partial charge in [0.2, 0.25) is 0 Å². The van der Waals surface area contributed by atoms with E-state index < -0.39 is 0 Å². The fraction of sp³-hybridized carbons (Fsp3) is 0.409. The van der Waals surface area contributed by atoms with E-state index in [1.807, 2.05) is 12.1 Å². The highest BCUT2D eigenvalue weighted by molar-refractivity contribution is 9.10. The van der Waals surface area contributed by atoms with E-state index >= 15 is 0 Å². The molecule has 0 amide bonds. The van der Waals surface area contributed by atoms with Gasteiger partial charge in [-0.3, -0.25) is 4.99 Å². The Balaban J connectivity index is 1.63. The number of ether oxygens (including phenoxy) is 2. The van der Waals surface area contributed by atoms with Gasteiger partial charge < -0.3 is 20.1 Å². The average Bonchev–Trinajstić information content (AvgIpc) is 2.75. The van der Waals surface area contributed by atoms with Crippen molar-refractivity contribution in [3.8, 4) is 5.75 Å². The molecule has 0 atom stereocenters. The lowest BCUT2D eigenvalue weighted by Crippen LogP contribution is -2.47. The number of aliphatic imine (C=N–C) groups is 1. The van der Waals surface area contributed by atoms with Gasteiger partial charge in [0.05, 0.1) is 7.11 Å². The summed E-state index contributed by atoms with van der Waals surface area (Å²) in [7, 11) is 3.48. The van der Waals surface area contributed by atoms with Crippen molar-refractivity contribution >= 4 is 21.9 Å². The lowest BCUT2D eigenvalue weighted by Gasteiger charge is -2.38. The number of halogens is 1. The van der Waals surface area contributed by atoms with Gasteiger partial charge in [0.25, 0.3) is 0 Å². The van der Waals surface area contributed by atoms with Gasteiger partial charge in [-0.2, -0.15) is 0 Å². The maximum atomic E-state index is 5.63. The maximum Gasteiger partial charge on any atom is 0.191 e. The van der Waals surface area contributed by atoms with Crippen molar-refractivity contribution in [3.05, 3.63) is 64.1 Å². The van der Waals surface area contributed by atoms with Crippen molar-refractivity contribution in [1.82, 2.24) is 10.6 Å². The second-order valence-corrected chi connectivity index (χ2v) is 7.94. The van der Waals surface area contributed by atoms with Gasteiger partial charge in [0, 0.05) is 43.2 Å². The second-order valence-electron chi connectivity index (χ2n) is 7.03. The molecule has 1 fully saturated rings. The van der Waals surface area contributed by atoms with Crippen molar-refractivity contribution in [2.75, 3.05) is 33.9 Å². The topological polar surface area (TPSA) is 54.9 Å². The summed E-state index contributed by atoms with van der Waals surface area (Å²) in [6.45, 7) is 3.10. The average molecular weight is 446 g/mol. The number of methoxy groups -OCH3 is 1. The third kappa shape index (κ3) is 5.26. The highest BCUT2D eigenvalue weighted by atomic mass is 79.9. The van der Waals surface area contributed by atoms with Crippen LogP contribution in [-0.4, -0.2) is 39.9 Å². The van der Waals surface area contributed by atoms with E-state index in [1.165, 1.54) is 11.1 Å². The fourth-order valence-corrected chi connectivity index (χ4v) is 3.80. The predicted octanol–water partition coefficient (Wildman–Crippen LogP) is 3.87. The predicted molar refractivity (Wildman–Crippen MR) is 117 cm³/mol. The van der Waals surface area contributed by atoms with Crippen LogP contribution in [0.25, 0.3) is 0 Å². The molecule has 1 aliphatic heterocycles. The minimum atomic E-state index is 0.0523. The van der Waals surface area contributed by atoms with Crippen LogP contribution in [0.1, 0.15) is 24.0 Å². The Kier molecular flexibility index (Phi) is 7.34. The zero-order valence-electron chi connectivity index (χ0n) is 16.5. The van der Waals surface area contributed by atoms with E-state index in [0.29, 0.717) is 6.54 Å². The standard InChI is InChI=1S/C22H28BrN3O2/c1-24-21(25-15-17-3-9-20(27-2)10-4-17)26-16-22(11-13-28-14-12-22)18-5-7-19(23)8-6-18/h3-10H,11-16H2,1-2H3,(H2,24,25,26). The molecule has 0 aliphatic carbocycles. The van der Waals surface area contributed by atoms with Crippen LogP contribution in [0.15, 0.2) is 58.0 Å². The summed E-state index contributed by atoms with van der Waals surface area (Å²) in [5, 5.41) is 6.93. The van der Waals surface area contributed by atoms with Gasteiger partial charge in [-0.05, 0) is 48.2 Å². The van der Waals surface area contributed by atoms with Crippen molar-refractivity contribution in [2.45, 2.75) is 24.8 Å². The molecule has 0 saturated carbocycles. The summed E-state index contributed by atoms with van der Waals surface area (Å²) in [6, 6.07) is 16.7. The molecule has 2 aromatic rings. The molecule has 6 heteroatoms. The first-order valence-electron chi connectivity index (χ1n) is 9.56. The summed E-state index contributed by atoms with van der Waals surface area (Å²) in [5.41, 5.74) is 2.57. The quantitative estimate of drug-likeness (QED) is 0.523. The molecule has 0 spiro atoms. The van der Waals surface area contributed by atoms with Crippen molar-refractivity contribution in [2.24, 2.45) is 4.99 Å². The summed E-state index contributed by atoms with van der Waals surface area (Å²) in [5.74, 6) is 1.67. The Morgan fingerprint density at radius 3 is 2.36 bits per heavy atom. The van der Waals surface area contributed by atoms with Gasteiger partial charge in [0.15, 0.2) is 5.96 Å². The SMILES string of the molecule is CN=C(NCc1ccc(OC)cc1)NCC1(c2ccc(Br)cc2)CCOCC1. The van der Waals surface area contributed by atoms with Gasteiger partial charge in [-0.15, -0.1) is 0 Å². The molecule has 2 aromatic carbocycles. The highest BCUT2D eigenvalue weighted by Gasteiger charge is 2.34. The lowest BCUT2D eigenvalue weighted by atomic mass is 9.74. The van der Waals surface area contributed by atoms with Crippen LogP contribution in [-0.2, 0) is 16.7 Å². The Morgan fingerprint density at radius 2 is 1.75 bits per heavy atom. The molecule has 2 N–H and O–H groups in total. The van der Waals surface area contributed by atoms with Crippen LogP contribution in [0.2, 0.25) is 0 Å². The summed E-state index contributed by atoms with van der Waals surface area (Å²) in [4.78, 5) is 4.39. The number of nitrogens with zero attached hydrogens (tertiary/aromatic N) is 1. The molecule has 5 nitrogen and oxygen atoms in total. The lowest BCUT2D eigenvalue weighted by molar-refractivity contribution is 0.0514. The summed E-state index contributed by atoms with van der Waals surface area (Å²) in [6.07, 6.45) is 1.99. The van der Waals surface area contributed by atoms with Crippen molar-refractivity contribution < 1.29 is 9.47 Å². The molecule has 1 heterocycles. The van der Waals surface area contributed by atoms with Crippen LogP contribution in [0.3, 0.4) is 0 Å². The molecular formula is C22H28BrN3O2. The van der Waals surface area contributed by atoms with Crippen LogP contribution in [0.5, 0.6) is 5.75 Å². The monoisotopic (exact) mass is 445 g/mol. The van der Waals surface area contributed by atoms with E-state index in [9.17, 15) is 0 Å². The van der Waals surface area contributed by atoms with E-state index in [0.717, 1.165) is 48.8 Å². The molecule has 0 unspecified atom stereocenters. The molecular weight excluding hydrogens is 418 g/mol. The van der Waals surface area contributed by atoms with Crippen LogP contribution < -0.4 is 15.4 Å². The Hall–Kier alpha value is -2.05. The molecule has 150 valence electrons. The number of nitrogens with one attached hydrogen (secondary N) is 2. The first-order valence-corrected chi connectivity index (χ1v) is 10.4. The first-order chi connectivity index (χ1) is 13.6. The third-order valence-corrected chi connectivity index (χ3v) is 5.87. The van der Waals surface area contributed by atoms with Gasteiger partial charge in [-0.25, -0.2) is 0 Å². The van der Waals surface area contributed by atoms with E-state index in [-0.39, 0.29) is 5.41 Å². The van der Waals surface area contributed by atoms with Crippen molar-refractivity contribution in [3.63, 3.8) is 0 Å². The van der Waals surface area contributed by atoms with Crippen molar-refractivity contribution in [1.29, 1.82) is 0 Å². The maximum absolute atomic E-state index is 5.63. The van der Waals surface area contributed by atoms with Gasteiger partial charge in [0.1, 0.15) is 5.75 Å². The van der Waals surface area contributed by atoms with E-state index in [2.05, 4.69) is 68.0 Å². The van der Waals surface area contributed by atoms with Gasteiger partial charge >= 0.3 is 0 Å². The third-order valence-electron chi connectivity index (χ3n) is 5.34. The summed E-state index contributed by atoms with van der Waals surface area (Å²) < 4.78 is 11.9. The molecule has 1 saturated heterocycles. The van der Waals surface area contributed by atoms with E-state index in [4.69, 9.17) is 9.47 Å². The van der Waals surface area contributed by atoms with E-state index in [1.54, 1.807) is 14.2 Å². The number of benzene rings is 2. The molecule has 0 radical (unpaired) electrons. The smallest absolute Gasteiger partial charge is 0.191 e. The number of rotatable bonds is 6. The highest BCUT2D eigenvalue weighted by Crippen LogP contribution is 2.34. The molecule has 0 bridgehead atoms. The molecule has 1 aliphatic rings. The minimum absolute atomic E-state index is 0.0523. The largest absolute Gasteiger partial charge is 0.497 e. The Labute approximate surface area is 175 Å². The molecule has 28 heavy (non-hydrogen) atoms. The Bertz CT molecular complexity index is 769. The second kappa shape index (κ2) is 9.94. The van der Waals surface area contributed by atoms with Crippen LogP contribution in [0, 0.1) is 0 Å². The minimum Gasteiger partial charge on any atom is -0.497 e. The zero-order chi connectivity index (χ0) is 19.8. The molecule has 3 rings (SSSR count). The number of hydrogen-bond acceptors (Lipinski definition) is 3. The fourth-order valence-electron chi connectivity index (χ4n) is 3.54. The number of hydrogen-bond donors (Lipinski definition) is 2. The Morgan fingerprint density at radius 1 is 1.07 bits per heavy atom. The summed E-state index contributed by atoms with van der Waals surface area (Å²) >= 11 is 3.53. The normalized spacial score (nSPS) is 16.5. The van der Waals surface area contributed by atoms with Crippen LogP contribution in [0.4, 0.5) is 0 Å². The number of guanidine groups is 1.